The molecule has 1 saturated heterocycles. The number of aromatic nitrogens is 3. The molecule has 2 aliphatic rings. The van der Waals surface area contributed by atoms with Gasteiger partial charge in [0.05, 0.1) is 11.7 Å². The van der Waals surface area contributed by atoms with E-state index in [9.17, 15) is 19.2 Å². The molecule has 194 valence electrons. The molecule has 0 bridgehead atoms. The predicted molar refractivity (Wildman–Crippen MR) is 121 cm³/mol. The molecule has 13 heteroatoms. The van der Waals surface area contributed by atoms with E-state index < -0.39 is 53.7 Å². The van der Waals surface area contributed by atoms with Gasteiger partial charge in [-0.15, -0.1) is 16.9 Å². The van der Waals surface area contributed by atoms with E-state index in [4.69, 9.17) is 23.7 Å². The minimum Gasteiger partial charge on any atom is -0.463 e. The quantitative estimate of drug-likeness (QED) is 0.350. The first-order chi connectivity index (χ1) is 16.6. The van der Waals surface area contributed by atoms with E-state index in [1.807, 2.05) is 10.9 Å². The molecule has 35 heavy (non-hydrogen) atoms. The Bertz CT molecular complexity index is 918. The van der Waals surface area contributed by atoms with Crippen LogP contribution in [0.4, 0.5) is 0 Å². The molecule has 3 rings (SSSR count). The van der Waals surface area contributed by atoms with Crippen molar-refractivity contribution in [2.75, 3.05) is 6.61 Å². The van der Waals surface area contributed by atoms with Crippen LogP contribution in [0.15, 0.2) is 6.20 Å². The number of nitrogens with zero attached hydrogens (tertiary/aromatic N) is 3. The van der Waals surface area contributed by atoms with Crippen LogP contribution in [0.5, 0.6) is 0 Å². The molecule has 2 heterocycles. The van der Waals surface area contributed by atoms with E-state index in [2.05, 4.69) is 10.3 Å². The second kappa shape index (κ2) is 12.3. The van der Waals surface area contributed by atoms with Crippen LogP contribution in [0.3, 0.4) is 0 Å². The van der Waals surface area contributed by atoms with Crippen molar-refractivity contribution in [2.45, 2.75) is 95.0 Å². The van der Waals surface area contributed by atoms with Gasteiger partial charge in [0, 0.05) is 39.6 Å². The fourth-order valence-electron chi connectivity index (χ4n) is 4.22. The molecule has 0 unspecified atom stereocenters. The minimum absolute atomic E-state index is 0.257. The highest BCUT2D eigenvalue weighted by atomic mass is 32.2. The largest absolute Gasteiger partial charge is 0.463 e. The van der Waals surface area contributed by atoms with Gasteiger partial charge in [-0.25, -0.2) is 4.68 Å². The number of hydrogen-bond donors (Lipinski definition) is 0. The summed E-state index contributed by atoms with van der Waals surface area (Å²) in [6.45, 7) is 4.56. The van der Waals surface area contributed by atoms with Crippen LogP contribution in [0, 0.1) is 0 Å². The van der Waals surface area contributed by atoms with Crippen LogP contribution >= 0.6 is 11.8 Å². The van der Waals surface area contributed by atoms with Crippen molar-refractivity contribution in [3.63, 3.8) is 0 Å². The van der Waals surface area contributed by atoms with Crippen molar-refractivity contribution < 1.29 is 42.9 Å². The molecular formula is C22H31N3O9S. The van der Waals surface area contributed by atoms with E-state index in [1.165, 1.54) is 52.3 Å². The number of esters is 4. The number of rotatable bonds is 9. The van der Waals surface area contributed by atoms with E-state index in [0.29, 0.717) is 17.5 Å². The van der Waals surface area contributed by atoms with Gasteiger partial charge in [0.2, 0.25) is 0 Å². The molecular weight excluding hydrogens is 482 g/mol. The summed E-state index contributed by atoms with van der Waals surface area (Å²) in [4.78, 5) is 47.0. The maximum atomic E-state index is 11.9. The molecule has 1 aromatic rings. The van der Waals surface area contributed by atoms with E-state index in [1.54, 1.807) is 0 Å². The zero-order valence-electron chi connectivity index (χ0n) is 20.2. The summed E-state index contributed by atoms with van der Waals surface area (Å²) in [6, 6.07) is 0.340. The average molecular weight is 514 g/mol. The highest BCUT2D eigenvalue weighted by molar-refractivity contribution is 7.99. The van der Waals surface area contributed by atoms with Gasteiger partial charge < -0.3 is 23.7 Å². The van der Waals surface area contributed by atoms with Crippen molar-refractivity contribution >= 4 is 35.6 Å². The van der Waals surface area contributed by atoms with Crippen LogP contribution in [0.25, 0.3) is 0 Å². The average Bonchev–Trinajstić information content (AvgIpc) is 3.45. The van der Waals surface area contributed by atoms with Crippen LogP contribution in [-0.2, 0) is 48.6 Å². The normalized spacial score (nSPS) is 26.7. The second-order valence-corrected chi connectivity index (χ2v) is 9.59. The Morgan fingerprint density at radius 3 is 2.14 bits per heavy atom. The summed E-state index contributed by atoms with van der Waals surface area (Å²) >= 11 is 1.26. The summed E-state index contributed by atoms with van der Waals surface area (Å²) in [7, 11) is 0. The van der Waals surface area contributed by atoms with E-state index in [0.717, 1.165) is 12.8 Å². The lowest BCUT2D eigenvalue weighted by Gasteiger charge is -2.44. The molecule has 2 fully saturated rings. The molecule has 0 amide bonds. The molecule has 5 atom stereocenters. The third-order valence-corrected chi connectivity index (χ3v) is 6.77. The molecule has 1 aliphatic heterocycles. The lowest BCUT2D eigenvalue weighted by Crippen LogP contribution is -2.61. The molecule has 1 aromatic heterocycles. The molecule has 1 saturated carbocycles. The van der Waals surface area contributed by atoms with Gasteiger partial charge in [-0.05, 0) is 12.8 Å². The zero-order chi connectivity index (χ0) is 25.5. The summed E-state index contributed by atoms with van der Waals surface area (Å²) in [5.74, 6) is -2.16. The maximum Gasteiger partial charge on any atom is 0.303 e. The summed E-state index contributed by atoms with van der Waals surface area (Å²) in [5, 5.41) is 8.47. The first kappa shape index (κ1) is 26.9. The van der Waals surface area contributed by atoms with Gasteiger partial charge in [0.15, 0.2) is 18.3 Å². The van der Waals surface area contributed by atoms with Crippen LogP contribution in [-0.4, -0.2) is 75.3 Å². The van der Waals surface area contributed by atoms with Gasteiger partial charge in [0.25, 0.3) is 0 Å². The predicted octanol–water partition coefficient (Wildman–Crippen LogP) is 1.71. The number of thioether (sulfide) groups is 1. The molecule has 0 radical (unpaired) electrons. The minimum atomic E-state index is -1.18. The van der Waals surface area contributed by atoms with Crippen molar-refractivity contribution in [2.24, 2.45) is 0 Å². The van der Waals surface area contributed by atoms with Gasteiger partial charge in [-0.1, -0.05) is 18.1 Å². The Balaban J connectivity index is 1.82. The van der Waals surface area contributed by atoms with E-state index >= 15 is 0 Å². The molecule has 0 spiro atoms. The monoisotopic (exact) mass is 513 g/mol. The Labute approximate surface area is 207 Å². The van der Waals surface area contributed by atoms with Crippen LogP contribution in [0.2, 0.25) is 0 Å². The summed E-state index contributed by atoms with van der Waals surface area (Å²) in [5.41, 5.74) is -0.137. The van der Waals surface area contributed by atoms with Crippen molar-refractivity contribution in [1.29, 1.82) is 0 Å². The van der Waals surface area contributed by atoms with Gasteiger partial charge in [-0.2, -0.15) is 0 Å². The Morgan fingerprint density at radius 1 is 0.943 bits per heavy atom. The van der Waals surface area contributed by atoms with Gasteiger partial charge in [0.1, 0.15) is 18.1 Å². The molecule has 1 aliphatic carbocycles. The lowest BCUT2D eigenvalue weighted by atomic mass is 9.99. The van der Waals surface area contributed by atoms with Crippen LogP contribution in [0.1, 0.15) is 65.1 Å². The Kier molecular flexibility index (Phi) is 9.49. The Morgan fingerprint density at radius 2 is 1.54 bits per heavy atom. The number of carbonyl (C=O) groups is 4. The third kappa shape index (κ3) is 7.66. The Hall–Kier alpha value is -2.67. The van der Waals surface area contributed by atoms with Crippen LogP contribution < -0.4 is 0 Å². The molecule has 12 nitrogen and oxygen atoms in total. The van der Waals surface area contributed by atoms with Crippen molar-refractivity contribution in [3.05, 3.63) is 11.9 Å². The van der Waals surface area contributed by atoms with Crippen molar-refractivity contribution in [1.82, 2.24) is 15.0 Å². The third-order valence-electron chi connectivity index (χ3n) is 5.60. The second-order valence-electron chi connectivity index (χ2n) is 8.51. The lowest BCUT2D eigenvalue weighted by molar-refractivity contribution is -0.237. The standard InChI is InChI=1S/C22H31N3O9S/c1-12(26)30-10-18-19(31-13(2)27)20(32-14(3)28)21(33-15(4)29)22(34-18)35-11-16-9-25(24-23-16)17-7-5-6-8-17/h9,17-22H,5-8,10-11H2,1-4H3/t18-,19+,20+,21-,22+/m1/s1. The van der Waals surface area contributed by atoms with Crippen molar-refractivity contribution in [3.8, 4) is 0 Å². The van der Waals surface area contributed by atoms with Gasteiger partial charge >= 0.3 is 23.9 Å². The summed E-state index contributed by atoms with van der Waals surface area (Å²) in [6.07, 6.45) is 1.94. The number of ether oxygens (including phenoxy) is 5. The topological polar surface area (TPSA) is 145 Å². The zero-order valence-corrected chi connectivity index (χ0v) is 21.0. The number of carbonyl (C=O) groups excluding carboxylic acids is 4. The molecule has 0 N–H and O–H groups in total. The maximum absolute atomic E-state index is 11.9. The summed E-state index contributed by atoms with van der Waals surface area (Å²) < 4.78 is 29.4. The first-order valence-electron chi connectivity index (χ1n) is 11.5. The highest BCUT2D eigenvalue weighted by Gasteiger charge is 2.52. The fourth-order valence-corrected chi connectivity index (χ4v) is 5.31. The highest BCUT2D eigenvalue weighted by Crippen LogP contribution is 2.36. The SMILES string of the molecule is CC(=O)OC[C@H]1O[C@@H](SCc2cn(C3CCCC3)nn2)[C@H](OC(C)=O)[C@@H](OC(C)=O)[C@H]1OC(C)=O. The fraction of sp³-hybridized carbons (Fsp3) is 0.727. The number of hydrogen-bond acceptors (Lipinski definition) is 12. The van der Waals surface area contributed by atoms with Gasteiger partial charge in [-0.3, -0.25) is 19.2 Å². The molecule has 0 aromatic carbocycles. The van der Waals surface area contributed by atoms with E-state index in [-0.39, 0.29) is 6.61 Å². The first-order valence-corrected chi connectivity index (χ1v) is 12.5. The smallest absolute Gasteiger partial charge is 0.303 e.